The number of carbonyl (C=O) groups excluding carboxylic acids is 1. The van der Waals surface area contributed by atoms with E-state index in [4.69, 9.17) is 5.73 Å². The van der Waals surface area contributed by atoms with Gasteiger partial charge in [0.2, 0.25) is 5.91 Å². The minimum absolute atomic E-state index is 0.251. The zero-order valence-corrected chi connectivity index (χ0v) is 13.1. The predicted octanol–water partition coefficient (Wildman–Crippen LogP) is 2.49. The quantitative estimate of drug-likeness (QED) is 0.836. The Kier molecular flexibility index (Phi) is 5.99. The fourth-order valence-corrected chi connectivity index (χ4v) is 4.06. The number of carbonyl (C=O) groups is 1. The van der Waals surface area contributed by atoms with Gasteiger partial charge in [0.05, 0.1) is 5.75 Å². The summed E-state index contributed by atoms with van der Waals surface area (Å²) in [6, 6.07) is 0.257. The summed E-state index contributed by atoms with van der Waals surface area (Å²) in [6.07, 6.45) is 3.42. The molecule has 0 spiro atoms. The minimum Gasteiger partial charge on any atom is -0.343 e. The normalized spacial score (nSPS) is 26.9. The van der Waals surface area contributed by atoms with Crippen LogP contribution < -0.4 is 5.73 Å². The van der Waals surface area contributed by atoms with Gasteiger partial charge in [0.1, 0.15) is 0 Å². The van der Waals surface area contributed by atoms with E-state index in [9.17, 15) is 4.79 Å². The van der Waals surface area contributed by atoms with Crippen molar-refractivity contribution in [3.05, 3.63) is 0 Å². The monoisotopic (exact) mass is 272 g/mol. The molecule has 1 rings (SSSR count). The Labute approximate surface area is 116 Å². The molecule has 0 aromatic rings. The summed E-state index contributed by atoms with van der Waals surface area (Å²) in [5.74, 6) is 0.830. The summed E-state index contributed by atoms with van der Waals surface area (Å²) < 4.78 is 0. The molecule has 4 heteroatoms. The number of hydrogen-bond donors (Lipinski definition) is 1. The second-order valence-electron chi connectivity index (χ2n) is 5.99. The van der Waals surface area contributed by atoms with Gasteiger partial charge < -0.3 is 10.6 Å². The maximum absolute atomic E-state index is 12.0. The Bertz CT molecular complexity index is 277. The fourth-order valence-electron chi connectivity index (χ4n) is 2.57. The second-order valence-corrected chi connectivity index (χ2v) is 7.21. The minimum atomic E-state index is 0.251. The molecule has 1 saturated carbocycles. The first kappa shape index (κ1) is 15.8. The van der Waals surface area contributed by atoms with Crippen LogP contribution in [0.5, 0.6) is 0 Å². The van der Waals surface area contributed by atoms with Crippen molar-refractivity contribution < 1.29 is 4.79 Å². The van der Waals surface area contributed by atoms with Crippen molar-refractivity contribution in [3.63, 3.8) is 0 Å². The van der Waals surface area contributed by atoms with Gasteiger partial charge in [-0.25, -0.2) is 0 Å². The molecule has 0 aromatic heterocycles. The fraction of sp³-hybridized carbons (Fsp3) is 0.929. The van der Waals surface area contributed by atoms with Gasteiger partial charge in [-0.2, -0.15) is 0 Å². The second kappa shape index (κ2) is 6.80. The highest BCUT2D eigenvalue weighted by Gasteiger charge is 2.33. The summed E-state index contributed by atoms with van der Waals surface area (Å²) >= 11 is 1.76. The van der Waals surface area contributed by atoms with Crippen LogP contribution in [-0.4, -0.2) is 40.9 Å². The number of nitrogens with zero attached hydrogens (tertiary/aromatic N) is 1. The Morgan fingerprint density at radius 1 is 1.39 bits per heavy atom. The highest BCUT2D eigenvalue weighted by Crippen LogP contribution is 2.39. The lowest BCUT2D eigenvalue weighted by atomic mass is 9.75. The molecule has 2 unspecified atom stereocenters. The van der Waals surface area contributed by atoms with Crippen LogP contribution in [0.25, 0.3) is 0 Å². The van der Waals surface area contributed by atoms with Gasteiger partial charge in [0, 0.05) is 24.4 Å². The van der Waals surface area contributed by atoms with Gasteiger partial charge >= 0.3 is 0 Å². The predicted molar refractivity (Wildman–Crippen MR) is 79.8 cm³/mol. The number of thioether (sulfide) groups is 1. The van der Waals surface area contributed by atoms with E-state index >= 15 is 0 Å². The van der Waals surface area contributed by atoms with Crippen molar-refractivity contribution in [2.24, 2.45) is 11.1 Å². The Hall–Kier alpha value is -0.220. The molecule has 1 fully saturated rings. The molecule has 2 atom stereocenters. The first-order chi connectivity index (χ1) is 8.39. The third kappa shape index (κ3) is 4.47. The van der Waals surface area contributed by atoms with E-state index in [0.717, 1.165) is 25.9 Å². The summed E-state index contributed by atoms with van der Waals surface area (Å²) in [5.41, 5.74) is 6.56. The zero-order chi connectivity index (χ0) is 13.8. The molecule has 0 bridgehead atoms. The van der Waals surface area contributed by atoms with Crippen molar-refractivity contribution in [2.45, 2.75) is 58.2 Å². The van der Waals surface area contributed by atoms with Crippen molar-refractivity contribution in [3.8, 4) is 0 Å². The molecule has 3 nitrogen and oxygen atoms in total. The van der Waals surface area contributed by atoms with Crippen LogP contribution in [0.4, 0.5) is 0 Å². The van der Waals surface area contributed by atoms with Crippen LogP contribution in [0.2, 0.25) is 0 Å². The van der Waals surface area contributed by atoms with Crippen LogP contribution in [-0.2, 0) is 4.79 Å². The standard InChI is InChI=1S/C14H28N2OS/c1-5-16(6-2)13(17)10-18-12-9-14(3,4)8-7-11(12)15/h11-12H,5-10,15H2,1-4H3. The van der Waals surface area contributed by atoms with E-state index in [1.807, 2.05) is 18.7 Å². The first-order valence-corrected chi connectivity index (χ1v) is 8.09. The van der Waals surface area contributed by atoms with Gasteiger partial charge in [0.15, 0.2) is 0 Å². The van der Waals surface area contributed by atoms with Crippen molar-refractivity contribution >= 4 is 17.7 Å². The maximum Gasteiger partial charge on any atom is 0.232 e. The molecule has 0 radical (unpaired) electrons. The summed E-state index contributed by atoms with van der Waals surface area (Å²) in [5, 5.41) is 0.438. The van der Waals surface area contributed by atoms with E-state index < -0.39 is 0 Å². The van der Waals surface area contributed by atoms with E-state index in [1.165, 1.54) is 6.42 Å². The molecule has 0 aromatic carbocycles. The van der Waals surface area contributed by atoms with Crippen molar-refractivity contribution in [2.75, 3.05) is 18.8 Å². The number of rotatable bonds is 5. The van der Waals surface area contributed by atoms with Crippen LogP contribution in [0.3, 0.4) is 0 Å². The SMILES string of the molecule is CCN(CC)C(=O)CSC1CC(C)(C)CCC1N. The molecule has 1 aliphatic rings. The van der Waals surface area contributed by atoms with Gasteiger partial charge in [-0.15, -0.1) is 11.8 Å². The number of nitrogens with two attached hydrogens (primary N) is 1. The molecule has 1 amide bonds. The largest absolute Gasteiger partial charge is 0.343 e. The zero-order valence-electron chi connectivity index (χ0n) is 12.2. The van der Waals surface area contributed by atoms with E-state index in [-0.39, 0.29) is 11.9 Å². The average molecular weight is 272 g/mol. The third-order valence-corrected chi connectivity index (χ3v) is 5.28. The molecule has 1 aliphatic carbocycles. The molecular weight excluding hydrogens is 244 g/mol. The van der Waals surface area contributed by atoms with Crippen LogP contribution in [0.15, 0.2) is 0 Å². The van der Waals surface area contributed by atoms with Crippen LogP contribution in [0.1, 0.15) is 47.0 Å². The first-order valence-electron chi connectivity index (χ1n) is 7.04. The summed E-state index contributed by atoms with van der Waals surface area (Å²) in [4.78, 5) is 13.9. The van der Waals surface area contributed by atoms with E-state index in [2.05, 4.69) is 13.8 Å². The molecule has 0 heterocycles. The van der Waals surface area contributed by atoms with Crippen LogP contribution >= 0.6 is 11.8 Å². The molecule has 18 heavy (non-hydrogen) atoms. The van der Waals surface area contributed by atoms with Crippen molar-refractivity contribution in [1.29, 1.82) is 0 Å². The Morgan fingerprint density at radius 3 is 2.56 bits per heavy atom. The van der Waals surface area contributed by atoms with E-state index in [0.29, 0.717) is 16.4 Å². The molecular formula is C14H28N2OS. The summed E-state index contributed by atoms with van der Waals surface area (Å²) in [7, 11) is 0. The number of amides is 1. The average Bonchev–Trinajstić information content (AvgIpc) is 2.32. The Morgan fingerprint density at radius 2 is 2.00 bits per heavy atom. The molecule has 2 N–H and O–H groups in total. The molecule has 0 saturated heterocycles. The molecule has 0 aliphatic heterocycles. The van der Waals surface area contributed by atoms with Gasteiger partial charge in [0.25, 0.3) is 0 Å². The lowest BCUT2D eigenvalue weighted by Gasteiger charge is -2.39. The van der Waals surface area contributed by atoms with Crippen LogP contribution in [0, 0.1) is 5.41 Å². The van der Waals surface area contributed by atoms with Crippen molar-refractivity contribution in [1.82, 2.24) is 4.90 Å². The Balaban J connectivity index is 2.44. The highest BCUT2D eigenvalue weighted by molar-refractivity contribution is 8.00. The smallest absolute Gasteiger partial charge is 0.232 e. The topological polar surface area (TPSA) is 46.3 Å². The van der Waals surface area contributed by atoms with Gasteiger partial charge in [-0.05, 0) is 38.5 Å². The lowest BCUT2D eigenvalue weighted by molar-refractivity contribution is -0.127. The van der Waals surface area contributed by atoms with Gasteiger partial charge in [-0.3, -0.25) is 4.79 Å². The number of hydrogen-bond acceptors (Lipinski definition) is 3. The van der Waals surface area contributed by atoms with E-state index in [1.54, 1.807) is 11.8 Å². The third-order valence-electron chi connectivity index (χ3n) is 3.92. The van der Waals surface area contributed by atoms with Gasteiger partial charge in [-0.1, -0.05) is 13.8 Å². The summed E-state index contributed by atoms with van der Waals surface area (Å²) in [6.45, 7) is 10.3. The lowest BCUT2D eigenvalue weighted by Crippen LogP contribution is -2.42. The molecule has 106 valence electrons. The maximum atomic E-state index is 12.0. The highest BCUT2D eigenvalue weighted by atomic mass is 32.2.